The number of benzene rings is 1. The Morgan fingerprint density at radius 2 is 1.86 bits per heavy atom. The van der Waals surface area contributed by atoms with E-state index in [4.69, 9.17) is 8.92 Å². The van der Waals surface area contributed by atoms with Gasteiger partial charge in [0.05, 0.1) is 17.8 Å². The smallest absolute Gasteiger partial charge is 0.328 e. The van der Waals surface area contributed by atoms with E-state index in [9.17, 15) is 18.3 Å². The molecule has 0 unspecified atom stereocenters. The van der Waals surface area contributed by atoms with Gasteiger partial charge in [-0.05, 0) is 37.8 Å². The summed E-state index contributed by atoms with van der Waals surface area (Å²) in [7, 11) is 0. The Balaban J connectivity index is 1.16. The average Bonchev–Trinajstić information content (AvgIpc) is 3.33. The van der Waals surface area contributed by atoms with Gasteiger partial charge in [0.25, 0.3) is 12.4 Å². The number of nitrogens with zero attached hydrogens (tertiary/aromatic N) is 4. The van der Waals surface area contributed by atoms with Crippen molar-refractivity contribution in [1.82, 2.24) is 15.1 Å². The lowest BCUT2D eigenvalue weighted by molar-refractivity contribution is -0.137. The molecule has 0 atom stereocenters. The molecule has 196 valence electrons. The minimum Gasteiger partial charge on any atom is -0.395 e. The first kappa shape index (κ1) is 25.1. The molecule has 0 aromatic heterocycles. The average molecular weight is 522 g/mol. The van der Waals surface area contributed by atoms with Crippen LogP contribution < -0.4 is 19.3 Å². The fourth-order valence-corrected chi connectivity index (χ4v) is 5.80. The highest BCUT2D eigenvalue weighted by Gasteiger charge is 2.39. The van der Waals surface area contributed by atoms with Crippen molar-refractivity contribution in [3.05, 3.63) is 18.2 Å². The molecule has 1 N–H and O–H groups in total. The highest BCUT2D eigenvalue weighted by atomic mass is 32.2. The van der Waals surface area contributed by atoms with Crippen molar-refractivity contribution >= 4 is 41.6 Å². The molecule has 12 heteroatoms. The van der Waals surface area contributed by atoms with Gasteiger partial charge in [0.2, 0.25) is 11.8 Å². The third-order valence-corrected chi connectivity index (χ3v) is 7.96. The van der Waals surface area contributed by atoms with E-state index in [0.29, 0.717) is 44.2 Å². The largest absolute Gasteiger partial charge is 0.395 e. The highest BCUT2D eigenvalue weighted by molar-refractivity contribution is 7.89. The minimum atomic E-state index is -0.504. The van der Waals surface area contributed by atoms with E-state index >= 15 is 0 Å². The number of amides is 4. The molecule has 4 amide bonds. The van der Waals surface area contributed by atoms with Crippen molar-refractivity contribution in [1.29, 1.82) is 0 Å². The van der Waals surface area contributed by atoms with Crippen molar-refractivity contribution in [2.75, 3.05) is 68.8 Å². The SMILES string of the molecule is O=C1CCN(c2ccc(N3CCN(CC(=O)N4CCC5(CCCO5)CC4)CC3)c(OSF)c2)C(=O)N1. The molecular weight excluding hydrogens is 489 g/mol. The van der Waals surface area contributed by atoms with Crippen LogP contribution in [0.15, 0.2) is 18.2 Å². The standard InChI is InChI=1S/C24H32FN5O5S/c25-36-35-20-16-18(30-8-4-21(31)26-23(30)33)2-3-19(20)28-13-11-27(12-14-28)17-22(32)29-9-6-24(7-10-29)5-1-15-34-24/h2-3,16H,1,4-15,17H2,(H,26,31,33). The van der Waals surface area contributed by atoms with Crippen molar-refractivity contribution in [2.24, 2.45) is 0 Å². The molecule has 1 spiro atoms. The number of likely N-dealkylation sites (tertiary alicyclic amines) is 1. The Kier molecular flexibility index (Phi) is 7.54. The third-order valence-electron chi connectivity index (χ3n) is 7.71. The summed E-state index contributed by atoms with van der Waals surface area (Å²) in [4.78, 5) is 44.2. The lowest BCUT2D eigenvalue weighted by Crippen LogP contribution is -2.52. The summed E-state index contributed by atoms with van der Waals surface area (Å²) >= 11 is -0.248. The van der Waals surface area contributed by atoms with Crippen molar-refractivity contribution < 1.29 is 27.2 Å². The lowest BCUT2D eigenvalue weighted by Gasteiger charge is -2.40. The van der Waals surface area contributed by atoms with Crippen LogP contribution in [0.2, 0.25) is 0 Å². The zero-order valence-electron chi connectivity index (χ0n) is 20.2. The molecule has 4 fully saturated rings. The topological polar surface area (TPSA) is 94.7 Å². The fourth-order valence-electron chi connectivity index (χ4n) is 5.59. The summed E-state index contributed by atoms with van der Waals surface area (Å²) in [6, 6.07) is 4.69. The van der Waals surface area contributed by atoms with E-state index in [1.165, 1.54) is 4.90 Å². The number of hydrogen-bond donors (Lipinski definition) is 1. The van der Waals surface area contributed by atoms with E-state index in [2.05, 4.69) is 15.1 Å². The molecule has 5 rings (SSSR count). The van der Waals surface area contributed by atoms with Crippen LogP contribution >= 0.6 is 12.4 Å². The number of carbonyl (C=O) groups excluding carboxylic acids is 3. The molecule has 4 saturated heterocycles. The number of halogens is 1. The van der Waals surface area contributed by atoms with Crippen LogP contribution in [0.5, 0.6) is 5.75 Å². The zero-order valence-corrected chi connectivity index (χ0v) is 21.1. The zero-order chi connectivity index (χ0) is 25.1. The molecular formula is C24H32FN5O5S. The van der Waals surface area contributed by atoms with Gasteiger partial charge in [-0.2, -0.15) is 0 Å². The van der Waals surface area contributed by atoms with Crippen LogP contribution in [0.4, 0.5) is 20.1 Å². The van der Waals surface area contributed by atoms with E-state index in [1.54, 1.807) is 18.2 Å². The Bertz CT molecular complexity index is 989. The predicted molar refractivity (Wildman–Crippen MR) is 134 cm³/mol. The Hall–Kier alpha value is -2.57. The van der Waals surface area contributed by atoms with E-state index in [-0.39, 0.29) is 42.8 Å². The van der Waals surface area contributed by atoms with E-state index in [1.807, 2.05) is 4.90 Å². The van der Waals surface area contributed by atoms with Crippen molar-refractivity contribution in [3.63, 3.8) is 0 Å². The Morgan fingerprint density at radius 1 is 1.08 bits per heavy atom. The van der Waals surface area contributed by atoms with Gasteiger partial charge >= 0.3 is 6.03 Å². The summed E-state index contributed by atoms with van der Waals surface area (Å²) in [5.74, 6) is 0.162. The molecule has 0 saturated carbocycles. The molecule has 36 heavy (non-hydrogen) atoms. The van der Waals surface area contributed by atoms with Crippen molar-refractivity contribution in [2.45, 2.75) is 37.7 Å². The highest BCUT2D eigenvalue weighted by Crippen LogP contribution is 2.37. The molecule has 10 nitrogen and oxygen atoms in total. The molecule has 4 aliphatic heterocycles. The molecule has 0 bridgehead atoms. The van der Waals surface area contributed by atoms with Gasteiger partial charge < -0.3 is 18.7 Å². The molecule has 4 heterocycles. The number of nitrogens with one attached hydrogen (secondary N) is 1. The van der Waals surface area contributed by atoms with Crippen LogP contribution in [-0.2, 0) is 14.3 Å². The van der Waals surface area contributed by atoms with Gasteiger partial charge in [-0.3, -0.25) is 24.7 Å². The monoisotopic (exact) mass is 521 g/mol. The van der Waals surface area contributed by atoms with Gasteiger partial charge in [0.1, 0.15) is 0 Å². The summed E-state index contributed by atoms with van der Waals surface area (Å²) in [6.07, 6.45) is 4.27. The van der Waals surface area contributed by atoms with Crippen LogP contribution in [0.1, 0.15) is 32.1 Å². The maximum Gasteiger partial charge on any atom is 0.328 e. The molecule has 4 aliphatic rings. The normalized spacial score (nSPS) is 22.8. The maximum absolute atomic E-state index is 13.1. The summed E-state index contributed by atoms with van der Waals surface area (Å²) < 4.78 is 24.2. The maximum atomic E-state index is 13.1. The number of piperidine rings is 1. The number of carbonyl (C=O) groups is 3. The van der Waals surface area contributed by atoms with Gasteiger partial charge in [0, 0.05) is 70.6 Å². The second-order valence-corrected chi connectivity index (χ2v) is 10.1. The molecule has 0 radical (unpaired) electrons. The number of rotatable bonds is 6. The first-order chi connectivity index (χ1) is 17.5. The Labute approximate surface area is 214 Å². The Morgan fingerprint density at radius 3 is 2.53 bits per heavy atom. The molecule has 0 aliphatic carbocycles. The number of ether oxygens (including phenoxy) is 1. The number of urea groups is 1. The number of hydrogen-bond acceptors (Lipinski definition) is 8. The van der Waals surface area contributed by atoms with Crippen LogP contribution in [0.3, 0.4) is 0 Å². The van der Waals surface area contributed by atoms with Gasteiger partial charge in [-0.1, -0.05) is 0 Å². The van der Waals surface area contributed by atoms with Crippen LogP contribution in [0, 0.1) is 0 Å². The molecule has 1 aromatic rings. The summed E-state index contributed by atoms with van der Waals surface area (Å²) in [6.45, 7) is 5.74. The summed E-state index contributed by atoms with van der Waals surface area (Å²) in [5.41, 5.74) is 1.26. The van der Waals surface area contributed by atoms with Crippen LogP contribution in [-0.4, -0.2) is 92.2 Å². The first-order valence-corrected chi connectivity index (χ1v) is 13.2. The lowest BCUT2D eigenvalue weighted by atomic mass is 9.88. The van der Waals surface area contributed by atoms with E-state index in [0.717, 1.165) is 51.1 Å². The number of imide groups is 1. The number of piperazine rings is 1. The van der Waals surface area contributed by atoms with Crippen LogP contribution in [0.25, 0.3) is 0 Å². The van der Waals surface area contributed by atoms with Gasteiger partial charge in [-0.15, -0.1) is 3.89 Å². The minimum absolute atomic E-state index is 0.00481. The quantitative estimate of drug-likeness (QED) is 0.571. The van der Waals surface area contributed by atoms with Gasteiger partial charge in [0.15, 0.2) is 5.75 Å². The third kappa shape index (κ3) is 5.40. The fraction of sp³-hybridized carbons (Fsp3) is 0.625. The second kappa shape index (κ2) is 10.8. The van der Waals surface area contributed by atoms with Gasteiger partial charge in [-0.25, -0.2) is 4.79 Å². The second-order valence-electron chi connectivity index (χ2n) is 9.83. The summed E-state index contributed by atoms with van der Waals surface area (Å²) in [5, 5.41) is 2.29. The first-order valence-electron chi connectivity index (χ1n) is 12.6. The van der Waals surface area contributed by atoms with E-state index < -0.39 is 6.03 Å². The number of anilines is 2. The van der Waals surface area contributed by atoms with Crippen molar-refractivity contribution in [3.8, 4) is 5.75 Å². The molecule has 1 aromatic carbocycles. The predicted octanol–water partition coefficient (Wildman–Crippen LogP) is 2.34.